The van der Waals surface area contributed by atoms with Gasteiger partial charge in [-0.3, -0.25) is 14.9 Å². The van der Waals surface area contributed by atoms with E-state index in [2.05, 4.69) is 5.32 Å². The molecule has 0 radical (unpaired) electrons. The Morgan fingerprint density at radius 2 is 1.62 bits per heavy atom. The zero-order chi connectivity index (χ0) is 25.9. The van der Waals surface area contributed by atoms with Crippen molar-refractivity contribution in [3.63, 3.8) is 0 Å². The molecule has 8 heteroatoms. The predicted molar refractivity (Wildman–Crippen MR) is 137 cm³/mol. The number of urea groups is 1. The molecule has 4 aromatic rings. The van der Waals surface area contributed by atoms with Crippen molar-refractivity contribution in [3.05, 3.63) is 107 Å². The molecule has 4 aromatic carbocycles. The van der Waals surface area contributed by atoms with Gasteiger partial charge in [0.2, 0.25) is 0 Å². The van der Waals surface area contributed by atoms with E-state index in [1.807, 2.05) is 30.3 Å². The van der Waals surface area contributed by atoms with E-state index in [0.717, 1.165) is 15.7 Å². The highest BCUT2D eigenvalue weighted by molar-refractivity contribution is 6.39. The molecule has 1 saturated heterocycles. The minimum Gasteiger partial charge on any atom is -0.497 e. The summed E-state index contributed by atoms with van der Waals surface area (Å²) >= 11 is 0. The average Bonchev–Trinajstić information content (AvgIpc) is 2.91. The predicted octanol–water partition coefficient (Wildman–Crippen LogP) is 5.23. The summed E-state index contributed by atoms with van der Waals surface area (Å²) in [6.45, 7) is -0.0577. The first-order valence-corrected chi connectivity index (χ1v) is 11.4. The Hall–Kier alpha value is -4.98. The van der Waals surface area contributed by atoms with Crippen molar-refractivity contribution in [2.24, 2.45) is 0 Å². The third-order valence-electron chi connectivity index (χ3n) is 5.99. The number of barbiturate groups is 1. The van der Waals surface area contributed by atoms with E-state index < -0.39 is 23.7 Å². The molecule has 0 unspecified atom stereocenters. The van der Waals surface area contributed by atoms with Crippen LogP contribution in [0.5, 0.6) is 11.5 Å². The van der Waals surface area contributed by atoms with Crippen LogP contribution in [0.3, 0.4) is 0 Å². The van der Waals surface area contributed by atoms with Gasteiger partial charge < -0.3 is 9.47 Å². The molecule has 0 bridgehead atoms. The van der Waals surface area contributed by atoms with E-state index >= 15 is 0 Å². The van der Waals surface area contributed by atoms with Crippen LogP contribution in [0.4, 0.5) is 14.9 Å². The van der Waals surface area contributed by atoms with Gasteiger partial charge >= 0.3 is 6.03 Å². The van der Waals surface area contributed by atoms with Gasteiger partial charge in [-0.1, -0.05) is 48.5 Å². The number of hydrogen-bond acceptors (Lipinski definition) is 5. The fourth-order valence-electron chi connectivity index (χ4n) is 4.09. The molecule has 0 saturated carbocycles. The van der Waals surface area contributed by atoms with Gasteiger partial charge in [-0.2, -0.15) is 0 Å². The lowest BCUT2D eigenvalue weighted by Crippen LogP contribution is -2.54. The molecule has 0 atom stereocenters. The molecule has 4 amide bonds. The molecule has 1 aliphatic heterocycles. The molecular weight excluding hydrogens is 475 g/mol. The highest BCUT2D eigenvalue weighted by atomic mass is 19.1. The first-order valence-electron chi connectivity index (χ1n) is 11.4. The normalized spacial score (nSPS) is 14.7. The number of hydrogen-bond donors (Lipinski definition) is 1. The number of methoxy groups -OCH3 is 1. The number of nitrogens with one attached hydrogen (secondary N) is 1. The highest BCUT2D eigenvalue weighted by Gasteiger charge is 2.37. The molecule has 184 valence electrons. The fourth-order valence-corrected chi connectivity index (χ4v) is 4.09. The lowest BCUT2D eigenvalue weighted by atomic mass is 9.99. The standard InChI is InChI=1S/C29H21FN2O5/c1-36-21-13-11-20(12-14-21)32-28(34)24(27(33)31-29(32)35)16-23-22-8-4-2-6-18(22)10-15-26(23)37-17-19-7-3-5-9-25(19)30/h2-16H,17H2,1H3,(H,31,33,35)/b24-16+. The number of carbonyl (C=O) groups is 3. The summed E-state index contributed by atoms with van der Waals surface area (Å²) in [6, 6.07) is 22.6. The molecule has 1 N–H and O–H groups in total. The topological polar surface area (TPSA) is 84.9 Å². The van der Waals surface area contributed by atoms with Gasteiger partial charge in [-0.05, 0) is 53.2 Å². The highest BCUT2D eigenvalue weighted by Crippen LogP contribution is 2.32. The maximum atomic E-state index is 14.2. The van der Waals surface area contributed by atoms with Crippen LogP contribution in [0, 0.1) is 5.82 Å². The van der Waals surface area contributed by atoms with Crippen molar-refractivity contribution in [2.75, 3.05) is 12.0 Å². The summed E-state index contributed by atoms with van der Waals surface area (Å²) in [6.07, 6.45) is 1.40. The number of rotatable bonds is 6. The van der Waals surface area contributed by atoms with E-state index in [-0.39, 0.29) is 17.9 Å². The third-order valence-corrected chi connectivity index (χ3v) is 5.99. The van der Waals surface area contributed by atoms with E-state index in [9.17, 15) is 18.8 Å². The van der Waals surface area contributed by atoms with Gasteiger partial charge in [0.15, 0.2) is 0 Å². The quantitative estimate of drug-likeness (QED) is 0.292. The van der Waals surface area contributed by atoms with Crippen LogP contribution in [0.2, 0.25) is 0 Å². The van der Waals surface area contributed by atoms with Gasteiger partial charge in [0, 0.05) is 11.1 Å². The molecule has 5 rings (SSSR count). The SMILES string of the molecule is COc1ccc(N2C(=O)NC(=O)/C(=C\c3c(OCc4ccccc4F)ccc4ccccc34)C2=O)cc1. The second kappa shape index (κ2) is 9.94. The number of anilines is 1. The molecule has 37 heavy (non-hydrogen) atoms. The summed E-state index contributed by atoms with van der Waals surface area (Å²) in [7, 11) is 1.50. The van der Waals surface area contributed by atoms with Crippen molar-refractivity contribution in [3.8, 4) is 11.5 Å². The van der Waals surface area contributed by atoms with Crippen LogP contribution in [0.25, 0.3) is 16.8 Å². The summed E-state index contributed by atoms with van der Waals surface area (Å²) < 4.78 is 25.3. The largest absolute Gasteiger partial charge is 0.497 e. The summed E-state index contributed by atoms with van der Waals surface area (Å²) in [4.78, 5) is 39.7. The molecule has 0 spiro atoms. The third kappa shape index (κ3) is 4.64. The lowest BCUT2D eigenvalue weighted by molar-refractivity contribution is -0.122. The number of nitrogens with zero attached hydrogens (tertiary/aromatic N) is 1. The van der Waals surface area contributed by atoms with E-state index in [1.54, 1.807) is 48.5 Å². The van der Waals surface area contributed by atoms with Crippen molar-refractivity contribution < 1.29 is 28.2 Å². The molecule has 0 aromatic heterocycles. The second-order valence-electron chi connectivity index (χ2n) is 8.23. The fraction of sp³-hybridized carbons (Fsp3) is 0.0690. The molecule has 7 nitrogen and oxygen atoms in total. The van der Waals surface area contributed by atoms with Crippen LogP contribution in [0.15, 0.2) is 90.5 Å². The van der Waals surface area contributed by atoms with Crippen LogP contribution < -0.4 is 19.7 Å². The Morgan fingerprint density at radius 3 is 2.38 bits per heavy atom. The van der Waals surface area contributed by atoms with Gasteiger partial charge in [0.05, 0.1) is 12.8 Å². The zero-order valence-corrected chi connectivity index (χ0v) is 19.7. The molecule has 1 fully saturated rings. The minimum atomic E-state index is -0.855. The second-order valence-corrected chi connectivity index (χ2v) is 8.23. The zero-order valence-electron chi connectivity index (χ0n) is 19.7. The number of imide groups is 2. The van der Waals surface area contributed by atoms with Crippen LogP contribution >= 0.6 is 0 Å². The maximum Gasteiger partial charge on any atom is 0.335 e. The Balaban J connectivity index is 1.57. The molecule has 0 aliphatic carbocycles. The number of carbonyl (C=O) groups excluding carboxylic acids is 3. The number of benzene rings is 4. The van der Waals surface area contributed by atoms with Crippen molar-refractivity contribution in [1.82, 2.24) is 5.32 Å². The molecule has 1 aliphatic rings. The Kier molecular flexibility index (Phi) is 6.38. The molecular formula is C29H21FN2O5. The Morgan fingerprint density at radius 1 is 0.892 bits per heavy atom. The van der Waals surface area contributed by atoms with Gasteiger partial charge in [-0.25, -0.2) is 14.1 Å². The van der Waals surface area contributed by atoms with Crippen LogP contribution in [0.1, 0.15) is 11.1 Å². The van der Waals surface area contributed by atoms with Crippen LogP contribution in [-0.2, 0) is 16.2 Å². The number of fused-ring (bicyclic) bond motifs is 1. The molecule has 1 heterocycles. The Labute approximate surface area is 211 Å². The summed E-state index contributed by atoms with van der Waals surface area (Å²) in [5, 5.41) is 3.79. The van der Waals surface area contributed by atoms with Crippen molar-refractivity contribution >= 4 is 40.4 Å². The smallest absolute Gasteiger partial charge is 0.335 e. The van der Waals surface area contributed by atoms with Crippen molar-refractivity contribution in [1.29, 1.82) is 0 Å². The van der Waals surface area contributed by atoms with Gasteiger partial charge in [-0.15, -0.1) is 0 Å². The van der Waals surface area contributed by atoms with E-state index in [1.165, 1.54) is 19.3 Å². The number of ether oxygens (including phenoxy) is 2. The average molecular weight is 496 g/mol. The monoisotopic (exact) mass is 496 g/mol. The number of amides is 4. The minimum absolute atomic E-state index is 0.0577. The first-order chi connectivity index (χ1) is 18.0. The number of halogens is 1. The van der Waals surface area contributed by atoms with Gasteiger partial charge in [0.1, 0.15) is 29.5 Å². The first kappa shape index (κ1) is 23.7. The lowest BCUT2D eigenvalue weighted by Gasteiger charge is -2.26. The Bertz CT molecular complexity index is 1560. The maximum absolute atomic E-state index is 14.2. The van der Waals surface area contributed by atoms with E-state index in [0.29, 0.717) is 22.6 Å². The van der Waals surface area contributed by atoms with Gasteiger partial charge in [0.25, 0.3) is 11.8 Å². The van der Waals surface area contributed by atoms with Crippen LogP contribution in [-0.4, -0.2) is 25.0 Å². The summed E-state index contributed by atoms with van der Waals surface area (Å²) in [5.41, 5.74) is 0.840. The van der Waals surface area contributed by atoms with Crippen molar-refractivity contribution in [2.45, 2.75) is 6.61 Å². The summed E-state index contributed by atoms with van der Waals surface area (Å²) in [5.74, 6) is -1.12. The van der Waals surface area contributed by atoms with E-state index in [4.69, 9.17) is 9.47 Å².